The van der Waals surface area contributed by atoms with E-state index in [1.54, 1.807) is 24.3 Å². The van der Waals surface area contributed by atoms with Gasteiger partial charge in [0.2, 0.25) is 0 Å². The van der Waals surface area contributed by atoms with E-state index in [2.05, 4.69) is 10.6 Å². The van der Waals surface area contributed by atoms with Crippen LogP contribution in [0.1, 0.15) is 11.1 Å². The Morgan fingerprint density at radius 1 is 1.04 bits per heavy atom. The molecule has 4 rings (SSSR count). The molecule has 3 aromatic carbocycles. The smallest absolute Gasteiger partial charge is 0.319 e. The van der Waals surface area contributed by atoms with Gasteiger partial charge in [0.1, 0.15) is 11.5 Å². The number of halogens is 1. The zero-order chi connectivity index (χ0) is 19.3. The summed E-state index contributed by atoms with van der Waals surface area (Å²) in [4.78, 5) is 12.0. The van der Waals surface area contributed by atoms with Crippen LogP contribution in [0.3, 0.4) is 0 Å². The maximum Gasteiger partial charge on any atom is 0.319 e. The first kappa shape index (κ1) is 18.4. The molecule has 0 bridgehead atoms. The van der Waals surface area contributed by atoms with Crippen LogP contribution in [0.5, 0.6) is 11.5 Å². The molecule has 0 aliphatic carbocycles. The fourth-order valence-corrected chi connectivity index (χ4v) is 3.04. The predicted molar refractivity (Wildman–Crippen MR) is 112 cm³/mol. The number of urea groups is 1. The van der Waals surface area contributed by atoms with Crippen molar-refractivity contribution in [3.8, 4) is 11.5 Å². The summed E-state index contributed by atoms with van der Waals surface area (Å²) in [7, 11) is 0.670. The van der Waals surface area contributed by atoms with Gasteiger partial charge in [0.15, 0.2) is 0 Å². The van der Waals surface area contributed by atoms with Crippen LogP contribution >= 0.6 is 11.6 Å². The third-order valence-electron chi connectivity index (χ3n) is 4.41. The maximum absolute atomic E-state index is 12.0. The molecule has 0 atom stereocenters. The fraction of sp³-hybridized carbons (Fsp3) is 0.0952. The Kier molecular flexibility index (Phi) is 5.51. The molecule has 28 heavy (non-hydrogen) atoms. The van der Waals surface area contributed by atoms with E-state index in [4.69, 9.17) is 21.0 Å². The summed E-state index contributed by atoms with van der Waals surface area (Å²) in [6.07, 6.45) is 0. The minimum absolute atomic E-state index is 0.275. The average molecular weight is 393 g/mol. The third kappa shape index (κ3) is 4.66. The number of hydrogen-bond donors (Lipinski definition) is 2. The molecular formula is C21H18BClN2O3. The molecule has 5 nitrogen and oxygen atoms in total. The molecule has 0 aromatic heterocycles. The highest BCUT2D eigenvalue weighted by molar-refractivity contribution is 6.48. The highest BCUT2D eigenvalue weighted by Crippen LogP contribution is 2.23. The maximum atomic E-state index is 12.0. The van der Waals surface area contributed by atoms with Crippen molar-refractivity contribution < 1.29 is 14.2 Å². The summed E-state index contributed by atoms with van der Waals surface area (Å²) in [6.45, 7) is 1.05. The number of ether oxygens (including phenoxy) is 1. The number of rotatable bonds is 5. The lowest BCUT2D eigenvalue weighted by Crippen LogP contribution is -2.28. The second-order valence-electron chi connectivity index (χ2n) is 6.48. The molecule has 1 aliphatic heterocycles. The minimum Gasteiger partial charge on any atom is -0.457 e. The molecule has 1 heterocycles. The Balaban J connectivity index is 1.29. The van der Waals surface area contributed by atoms with E-state index in [1.165, 1.54) is 11.0 Å². The van der Waals surface area contributed by atoms with Crippen molar-refractivity contribution in [1.82, 2.24) is 5.32 Å². The van der Waals surface area contributed by atoms with Crippen molar-refractivity contribution in [3.05, 3.63) is 82.9 Å². The standard InChI is InChI=1S/C21H18BClN2O3/c23-16-3-5-17(6-4-16)25-21(26)24-12-14-1-7-18(8-2-14)28-19-9-10-20-15(11-19)13-27-22-20/h1-11,22H,12-13H2,(H2,24,25,26). The largest absolute Gasteiger partial charge is 0.457 e. The molecular weight excluding hydrogens is 375 g/mol. The van der Waals surface area contributed by atoms with Crippen molar-refractivity contribution in [2.24, 2.45) is 0 Å². The average Bonchev–Trinajstić information content (AvgIpc) is 3.17. The number of hydrogen-bond acceptors (Lipinski definition) is 3. The second-order valence-corrected chi connectivity index (χ2v) is 6.92. The van der Waals surface area contributed by atoms with Crippen LogP contribution in [0.2, 0.25) is 5.02 Å². The Morgan fingerprint density at radius 3 is 2.57 bits per heavy atom. The van der Waals surface area contributed by atoms with Crippen molar-refractivity contribution in [2.75, 3.05) is 5.32 Å². The normalized spacial score (nSPS) is 12.0. The topological polar surface area (TPSA) is 59.6 Å². The van der Waals surface area contributed by atoms with Gasteiger partial charge in [-0.2, -0.15) is 0 Å². The lowest BCUT2D eigenvalue weighted by Gasteiger charge is -2.10. The first-order chi connectivity index (χ1) is 13.7. The van der Waals surface area contributed by atoms with Crippen molar-refractivity contribution in [2.45, 2.75) is 13.2 Å². The van der Waals surface area contributed by atoms with Crippen LogP contribution in [0, 0.1) is 0 Å². The van der Waals surface area contributed by atoms with Gasteiger partial charge in [-0.05, 0) is 65.1 Å². The lowest BCUT2D eigenvalue weighted by molar-refractivity contribution is 0.251. The van der Waals surface area contributed by atoms with Crippen LogP contribution in [0.4, 0.5) is 10.5 Å². The van der Waals surface area contributed by atoms with E-state index in [-0.39, 0.29) is 6.03 Å². The van der Waals surface area contributed by atoms with E-state index < -0.39 is 0 Å². The lowest BCUT2D eigenvalue weighted by atomic mass is 9.87. The quantitative estimate of drug-likeness (QED) is 0.646. The summed E-state index contributed by atoms with van der Waals surface area (Å²) in [6, 6.07) is 20.3. The van der Waals surface area contributed by atoms with Crippen LogP contribution in [-0.2, 0) is 17.8 Å². The van der Waals surface area contributed by atoms with Gasteiger partial charge in [-0.25, -0.2) is 4.79 Å². The number of carbonyl (C=O) groups excluding carboxylic acids is 1. The second kappa shape index (κ2) is 8.38. The molecule has 0 fully saturated rings. The van der Waals surface area contributed by atoms with Crippen LogP contribution < -0.4 is 20.8 Å². The van der Waals surface area contributed by atoms with Gasteiger partial charge in [0.25, 0.3) is 0 Å². The van der Waals surface area contributed by atoms with E-state index >= 15 is 0 Å². The Morgan fingerprint density at radius 2 is 1.79 bits per heavy atom. The van der Waals surface area contributed by atoms with Crippen LogP contribution in [0.25, 0.3) is 0 Å². The van der Waals surface area contributed by atoms with Gasteiger partial charge in [0.05, 0.1) is 6.61 Å². The van der Waals surface area contributed by atoms with Crippen molar-refractivity contribution in [1.29, 1.82) is 0 Å². The van der Waals surface area contributed by atoms with Gasteiger partial charge in [-0.3, -0.25) is 0 Å². The molecule has 2 N–H and O–H groups in total. The summed E-state index contributed by atoms with van der Waals surface area (Å²) in [5, 5.41) is 6.21. The van der Waals surface area contributed by atoms with E-state index in [0.29, 0.717) is 31.3 Å². The minimum atomic E-state index is -0.275. The van der Waals surface area contributed by atoms with Gasteiger partial charge in [-0.15, -0.1) is 0 Å². The van der Waals surface area contributed by atoms with E-state index in [1.807, 2.05) is 42.5 Å². The number of benzene rings is 3. The molecule has 2 amide bonds. The van der Waals surface area contributed by atoms with E-state index in [0.717, 1.165) is 17.1 Å². The van der Waals surface area contributed by atoms with Gasteiger partial charge < -0.3 is 20.0 Å². The third-order valence-corrected chi connectivity index (χ3v) is 4.66. The SMILES string of the molecule is O=C(NCc1ccc(Oc2ccc3c(c2)COB3)cc1)Nc1ccc(Cl)cc1. The molecule has 0 spiro atoms. The molecule has 140 valence electrons. The Hall–Kier alpha value is -2.96. The monoisotopic (exact) mass is 392 g/mol. The molecule has 3 aromatic rings. The zero-order valence-corrected chi connectivity index (χ0v) is 15.8. The molecule has 0 saturated carbocycles. The molecule has 7 heteroatoms. The number of amides is 2. The highest BCUT2D eigenvalue weighted by Gasteiger charge is 2.13. The summed E-state index contributed by atoms with van der Waals surface area (Å²) < 4.78 is 11.3. The van der Waals surface area contributed by atoms with Gasteiger partial charge in [0, 0.05) is 17.3 Å². The van der Waals surface area contributed by atoms with Gasteiger partial charge in [-0.1, -0.05) is 29.8 Å². The number of carbonyl (C=O) groups is 1. The first-order valence-corrected chi connectivity index (χ1v) is 9.30. The number of nitrogens with one attached hydrogen (secondary N) is 2. The zero-order valence-electron chi connectivity index (χ0n) is 15.1. The molecule has 0 unspecified atom stereocenters. The van der Waals surface area contributed by atoms with E-state index in [9.17, 15) is 4.79 Å². The van der Waals surface area contributed by atoms with Crippen molar-refractivity contribution in [3.63, 3.8) is 0 Å². The molecule has 0 saturated heterocycles. The molecule has 0 radical (unpaired) electrons. The Labute approximate surface area is 168 Å². The number of anilines is 1. The Bertz CT molecular complexity index is 978. The van der Waals surface area contributed by atoms with Crippen LogP contribution in [-0.4, -0.2) is 13.5 Å². The first-order valence-electron chi connectivity index (χ1n) is 8.92. The van der Waals surface area contributed by atoms with Crippen molar-refractivity contribution >= 4 is 36.3 Å². The summed E-state index contributed by atoms with van der Waals surface area (Å²) in [5.41, 5.74) is 4.04. The predicted octanol–water partition coefficient (Wildman–Crippen LogP) is 3.96. The molecule has 1 aliphatic rings. The highest BCUT2D eigenvalue weighted by atomic mass is 35.5. The number of fused-ring (bicyclic) bond motifs is 1. The fourth-order valence-electron chi connectivity index (χ4n) is 2.91. The van der Waals surface area contributed by atoms with Gasteiger partial charge >= 0.3 is 13.5 Å². The summed E-state index contributed by atoms with van der Waals surface area (Å²) in [5.74, 6) is 1.53. The summed E-state index contributed by atoms with van der Waals surface area (Å²) >= 11 is 5.83. The van der Waals surface area contributed by atoms with Crippen LogP contribution in [0.15, 0.2) is 66.7 Å².